The van der Waals surface area contributed by atoms with E-state index >= 15 is 0 Å². The lowest BCUT2D eigenvalue weighted by atomic mass is 10.0. The van der Waals surface area contributed by atoms with Crippen molar-refractivity contribution >= 4 is 34.8 Å². The topological polar surface area (TPSA) is 135 Å². The normalized spacial score (nSPS) is 17.6. The second kappa shape index (κ2) is 11.2. The SMILES string of the molecule is O=C(Nc1cc(Nc2cccc3c2OCc2c-3cnn2C2CN(Cc3cccc(C(=O)N4CCCC4)n3)C2)n2nccc2n1)C1CC1. The number of carbonyl (C=O) groups is 2. The molecule has 2 N–H and O–H groups in total. The molecule has 3 fully saturated rings. The summed E-state index contributed by atoms with van der Waals surface area (Å²) in [5.74, 6) is 2.00. The molecule has 47 heavy (non-hydrogen) atoms. The summed E-state index contributed by atoms with van der Waals surface area (Å²) < 4.78 is 10.2. The number of benzene rings is 1. The van der Waals surface area contributed by atoms with Gasteiger partial charge in [0.05, 0.1) is 35.5 Å². The molecule has 0 unspecified atom stereocenters. The zero-order chi connectivity index (χ0) is 31.5. The number of aromatic nitrogens is 6. The highest BCUT2D eigenvalue weighted by molar-refractivity contribution is 5.94. The van der Waals surface area contributed by atoms with Crippen molar-refractivity contribution in [2.45, 2.75) is 44.9 Å². The van der Waals surface area contributed by atoms with E-state index in [0.29, 0.717) is 36.1 Å². The van der Waals surface area contributed by atoms with Gasteiger partial charge in [-0.25, -0.2) is 9.97 Å². The molecule has 3 aliphatic heterocycles. The smallest absolute Gasteiger partial charge is 0.272 e. The quantitative estimate of drug-likeness (QED) is 0.258. The largest absolute Gasteiger partial charge is 0.484 e. The number of carbonyl (C=O) groups excluding carboxylic acids is 2. The van der Waals surface area contributed by atoms with Gasteiger partial charge in [-0.3, -0.25) is 19.2 Å². The number of likely N-dealkylation sites (tertiary alicyclic amines) is 2. The van der Waals surface area contributed by atoms with Gasteiger partial charge in [0.25, 0.3) is 5.91 Å². The van der Waals surface area contributed by atoms with Gasteiger partial charge in [0.15, 0.2) is 11.4 Å². The number of hydrogen-bond donors (Lipinski definition) is 2. The monoisotopic (exact) mass is 630 g/mol. The predicted octanol–water partition coefficient (Wildman–Crippen LogP) is 4.27. The Morgan fingerprint density at radius 3 is 2.66 bits per heavy atom. The summed E-state index contributed by atoms with van der Waals surface area (Å²) in [7, 11) is 0. The van der Waals surface area contributed by atoms with Crippen molar-refractivity contribution in [1.82, 2.24) is 39.2 Å². The molecule has 0 radical (unpaired) electrons. The summed E-state index contributed by atoms with van der Waals surface area (Å²) in [5, 5.41) is 15.7. The zero-order valence-corrected chi connectivity index (χ0v) is 25.8. The summed E-state index contributed by atoms with van der Waals surface area (Å²) in [4.78, 5) is 38.7. The molecule has 1 saturated carbocycles. The molecule has 0 spiro atoms. The maximum atomic E-state index is 12.8. The highest BCUT2D eigenvalue weighted by Crippen LogP contribution is 2.44. The van der Waals surface area contributed by atoms with Gasteiger partial charge in [0.2, 0.25) is 5.91 Å². The van der Waals surface area contributed by atoms with E-state index in [4.69, 9.17) is 14.8 Å². The van der Waals surface area contributed by atoms with Crippen LogP contribution in [-0.2, 0) is 17.9 Å². The van der Waals surface area contributed by atoms with Gasteiger partial charge in [-0.1, -0.05) is 18.2 Å². The first-order chi connectivity index (χ1) is 23.1. The van der Waals surface area contributed by atoms with E-state index in [-0.39, 0.29) is 23.8 Å². The van der Waals surface area contributed by atoms with Crippen LogP contribution in [0.1, 0.15) is 53.6 Å². The first-order valence-electron chi connectivity index (χ1n) is 16.3. The molecule has 1 aromatic carbocycles. The van der Waals surface area contributed by atoms with Crippen molar-refractivity contribution < 1.29 is 14.3 Å². The van der Waals surface area contributed by atoms with E-state index in [1.807, 2.05) is 41.4 Å². The fourth-order valence-electron chi connectivity index (χ4n) is 6.82. The number of pyridine rings is 1. The van der Waals surface area contributed by atoms with Crippen molar-refractivity contribution in [2.24, 2.45) is 5.92 Å². The van der Waals surface area contributed by atoms with E-state index < -0.39 is 0 Å². The lowest BCUT2D eigenvalue weighted by Crippen LogP contribution is -2.48. The first kappa shape index (κ1) is 28.0. The van der Waals surface area contributed by atoms with E-state index in [1.54, 1.807) is 22.8 Å². The molecule has 4 aromatic heterocycles. The molecule has 5 aromatic rings. The highest BCUT2D eigenvalue weighted by Gasteiger charge is 2.34. The lowest BCUT2D eigenvalue weighted by molar-refractivity contribution is -0.117. The lowest BCUT2D eigenvalue weighted by Gasteiger charge is -2.40. The Bertz CT molecular complexity index is 2020. The van der Waals surface area contributed by atoms with E-state index in [9.17, 15) is 9.59 Å². The molecule has 2 saturated heterocycles. The Morgan fingerprint density at radius 1 is 0.957 bits per heavy atom. The minimum absolute atomic E-state index is 0.00198. The predicted molar refractivity (Wildman–Crippen MR) is 173 cm³/mol. The molecule has 1 aliphatic carbocycles. The Labute approximate surface area is 270 Å². The highest BCUT2D eigenvalue weighted by atomic mass is 16.5. The number of amides is 2. The Balaban J connectivity index is 0.905. The van der Waals surface area contributed by atoms with Crippen LogP contribution >= 0.6 is 0 Å². The van der Waals surface area contributed by atoms with Gasteiger partial charge < -0.3 is 20.3 Å². The summed E-state index contributed by atoms with van der Waals surface area (Å²) in [6.07, 6.45) is 7.59. The van der Waals surface area contributed by atoms with Gasteiger partial charge in [-0.2, -0.15) is 14.7 Å². The number of hydrogen-bond acceptors (Lipinski definition) is 9. The van der Waals surface area contributed by atoms with Crippen LogP contribution in [0.5, 0.6) is 5.75 Å². The molecule has 238 valence electrons. The second-order valence-electron chi connectivity index (χ2n) is 12.8. The van der Waals surface area contributed by atoms with Crippen LogP contribution in [0.2, 0.25) is 0 Å². The third kappa shape index (κ3) is 5.16. The maximum absolute atomic E-state index is 12.8. The molecule has 13 nitrogen and oxygen atoms in total. The average Bonchev–Trinajstić information content (AvgIpc) is 3.40. The number of fused-ring (bicyclic) bond motifs is 4. The van der Waals surface area contributed by atoms with Gasteiger partial charge in [0, 0.05) is 61.9 Å². The van der Waals surface area contributed by atoms with Crippen LogP contribution in [0.3, 0.4) is 0 Å². The van der Waals surface area contributed by atoms with Crippen LogP contribution in [0.25, 0.3) is 16.8 Å². The molecule has 2 amide bonds. The van der Waals surface area contributed by atoms with Crippen molar-refractivity contribution in [1.29, 1.82) is 0 Å². The van der Waals surface area contributed by atoms with Crippen LogP contribution < -0.4 is 15.4 Å². The number of para-hydroxylation sites is 1. The van der Waals surface area contributed by atoms with Gasteiger partial charge in [0.1, 0.15) is 23.9 Å². The number of nitrogens with zero attached hydrogens (tertiary/aromatic N) is 8. The number of ether oxygens (including phenoxy) is 1. The van der Waals surface area contributed by atoms with E-state index in [2.05, 4.69) is 36.4 Å². The molecule has 7 heterocycles. The molecule has 4 aliphatic rings. The fourth-order valence-corrected chi connectivity index (χ4v) is 6.82. The van der Waals surface area contributed by atoms with Gasteiger partial charge in [-0.15, -0.1) is 0 Å². The van der Waals surface area contributed by atoms with E-state index in [0.717, 1.165) is 85.8 Å². The number of rotatable bonds is 8. The summed E-state index contributed by atoms with van der Waals surface area (Å²) >= 11 is 0. The molecular weight excluding hydrogens is 596 g/mol. The van der Waals surface area contributed by atoms with Crippen LogP contribution in [-0.4, -0.2) is 77.2 Å². The summed E-state index contributed by atoms with van der Waals surface area (Å²) in [6, 6.07) is 15.6. The first-order valence-corrected chi connectivity index (χ1v) is 16.3. The molecule has 13 heteroatoms. The molecule has 9 rings (SSSR count). The third-order valence-corrected chi connectivity index (χ3v) is 9.47. The fraction of sp³-hybridized carbons (Fsp3) is 0.353. The minimum atomic E-state index is 0.00198. The van der Waals surface area contributed by atoms with Crippen LogP contribution in [0.4, 0.5) is 17.3 Å². The standard InChI is InChI=1S/C34H34N10O3/c45-33(21-9-10-21)40-29-15-31(44-30(39-29)11-12-35-44)38-26-7-4-6-24-25-16-36-43(28(25)20-47-32(24)26)23-18-41(19-23)17-22-5-3-8-27(37-22)34(46)42-13-1-2-14-42/h3-8,11-12,15-16,21,23,38H,1-2,9-10,13-14,17-20H2,(H,39,40,45). The molecule has 0 atom stereocenters. The molecule has 0 bridgehead atoms. The third-order valence-electron chi connectivity index (χ3n) is 9.47. The minimum Gasteiger partial charge on any atom is -0.484 e. The zero-order valence-electron chi connectivity index (χ0n) is 25.8. The van der Waals surface area contributed by atoms with Crippen LogP contribution in [0.15, 0.2) is 60.9 Å². The van der Waals surface area contributed by atoms with Crippen LogP contribution in [0, 0.1) is 5.92 Å². The summed E-state index contributed by atoms with van der Waals surface area (Å²) in [5.41, 5.74) is 5.94. The number of nitrogens with one attached hydrogen (secondary N) is 2. The average molecular weight is 631 g/mol. The Hall–Kier alpha value is -5.30. The molecular formula is C34H34N10O3. The Kier molecular flexibility index (Phi) is 6.66. The van der Waals surface area contributed by atoms with E-state index in [1.165, 1.54) is 0 Å². The van der Waals surface area contributed by atoms with Crippen molar-refractivity contribution in [3.63, 3.8) is 0 Å². The maximum Gasteiger partial charge on any atom is 0.272 e. The second-order valence-corrected chi connectivity index (χ2v) is 12.8. The number of anilines is 3. The summed E-state index contributed by atoms with van der Waals surface area (Å²) in [6.45, 7) is 4.42. The Morgan fingerprint density at radius 2 is 1.81 bits per heavy atom. The van der Waals surface area contributed by atoms with Crippen molar-refractivity contribution in [3.8, 4) is 16.9 Å². The van der Waals surface area contributed by atoms with Crippen molar-refractivity contribution in [2.75, 3.05) is 36.8 Å². The van der Waals surface area contributed by atoms with Gasteiger partial charge >= 0.3 is 0 Å². The van der Waals surface area contributed by atoms with Gasteiger partial charge in [-0.05, 0) is 43.9 Å². The van der Waals surface area contributed by atoms with Crippen molar-refractivity contribution in [3.05, 3.63) is 78.0 Å².